The topological polar surface area (TPSA) is 64.7 Å². The second-order valence-corrected chi connectivity index (χ2v) is 6.81. The molecule has 136 valence electrons. The second kappa shape index (κ2) is 8.23. The number of piperidine rings is 1. The minimum atomic E-state index is -0.0237. The summed E-state index contributed by atoms with van der Waals surface area (Å²) in [6.45, 7) is 6.14. The van der Waals surface area contributed by atoms with Crippen molar-refractivity contribution in [1.29, 1.82) is 0 Å². The minimum Gasteiger partial charge on any atom is -0.372 e. The Morgan fingerprint density at radius 1 is 1.04 bits per heavy atom. The number of rotatable bonds is 4. The average molecular weight is 344 g/mol. The molecule has 0 atom stereocenters. The Kier molecular flexibility index (Phi) is 5.79. The molecule has 0 bridgehead atoms. The van der Waals surface area contributed by atoms with Crippen LogP contribution in [0.25, 0.3) is 0 Å². The van der Waals surface area contributed by atoms with E-state index in [1.807, 2.05) is 36.1 Å². The first-order chi connectivity index (χ1) is 12.2. The van der Waals surface area contributed by atoms with Gasteiger partial charge in [-0.1, -0.05) is 0 Å². The number of urea groups is 1. The number of carbonyl (C=O) groups excluding carboxylic acids is 2. The Hall–Kier alpha value is -2.24. The van der Waals surface area contributed by atoms with E-state index in [0.29, 0.717) is 25.2 Å². The van der Waals surface area contributed by atoms with Gasteiger partial charge in [0.15, 0.2) is 0 Å². The van der Waals surface area contributed by atoms with E-state index in [9.17, 15) is 9.59 Å². The third-order valence-electron chi connectivity index (χ3n) is 5.05. The summed E-state index contributed by atoms with van der Waals surface area (Å²) in [5, 5.41) is 5.93. The van der Waals surface area contributed by atoms with E-state index in [-0.39, 0.29) is 18.0 Å². The number of amides is 3. The highest BCUT2D eigenvalue weighted by Crippen LogP contribution is 2.20. The summed E-state index contributed by atoms with van der Waals surface area (Å²) in [7, 11) is 0. The largest absolute Gasteiger partial charge is 0.372 e. The minimum absolute atomic E-state index is 0.00946. The predicted molar refractivity (Wildman–Crippen MR) is 99.0 cm³/mol. The number of nitrogens with zero attached hydrogens (tertiary/aromatic N) is 2. The molecule has 0 radical (unpaired) electrons. The SMILES string of the molecule is CCNC(=O)N1CCC(NC(=O)c2ccc(N3CCCC3)cc2)CC1. The van der Waals surface area contributed by atoms with Gasteiger partial charge in [0, 0.05) is 50.0 Å². The van der Waals surface area contributed by atoms with Crippen LogP contribution >= 0.6 is 0 Å². The van der Waals surface area contributed by atoms with Gasteiger partial charge in [0.2, 0.25) is 0 Å². The lowest BCUT2D eigenvalue weighted by Crippen LogP contribution is -2.49. The van der Waals surface area contributed by atoms with E-state index in [1.165, 1.54) is 18.5 Å². The molecule has 2 heterocycles. The number of nitrogens with one attached hydrogen (secondary N) is 2. The highest BCUT2D eigenvalue weighted by molar-refractivity contribution is 5.94. The molecule has 25 heavy (non-hydrogen) atoms. The van der Waals surface area contributed by atoms with Crippen LogP contribution in [-0.2, 0) is 0 Å². The Morgan fingerprint density at radius 2 is 1.68 bits per heavy atom. The smallest absolute Gasteiger partial charge is 0.317 e. The van der Waals surface area contributed by atoms with Gasteiger partial charge >= 0.3 is 6.03 Å². The molecule has 0 aliphatic carbocycles. The van der Waals surface area contributed by atoms with Gasteiger partial charge in [0.05, 0.1) is 0 Å². The molecule has 2 N–H and O–H groups in total. The van der Waals surface area contributed by atoms with Crippen molar-refractivity contribution in [3.8, 4) is 0 Å². The molecule has 0 aromatic heterocycles. The van der Waals surface area contributed by atoms with E-state index >= 15 is 0 Å². The maximum atomic E-state index is 12.4. The van der Waals surface area contributed by atoms with Crippen LogP contribution in [0.1, 0.15) is 43.0 Å². The van der Waals surface area contributed by atoms with Crippen molar-refractivity contribution in [1.82, 2.24) is 15.5 Å². The number of benzene rings is 1. The van der Waals surface area contributed by atoms with Gasteiger partial charge in [-0.3, -0.25) is 4.79 Å². The van der Waals surface area contributed by atoms with Crippen molar-refractivity contribution < 1.29 is 9.59 Å². The fourth-order valence-corrected chi connectivity index (χ4v) is 3.56. The Balaban J connectivity index is 1.48. The number of carbonyl (C=O) groups is 2. The zero-order chi connectivity index (χ0) is 17.6. The van der Waals surface area contributed by atoms with E-state index in [2.05, 4.69) is 15.5 Å². The van der Waals surface area contributed by atoms with Crippen molar-refractivity contribution in [2.45, 2.75) is 38.6 Å². The molecule has 1 aromatic rings. The van der Waals surface area contributed by atoms with Crippen molar-refractivity contribution >= 4 is 17.6 Å². The predicted octanol–water partition coefficient (Wildman–Crippen LogP) is 2.21. The quantitative estimate of drug-likeness (QED) is 0.880. The fourth-order valence-electron chi connectivity index (χ4n) is 3.56. The molecular weight excluding hydrogens is 316 g/mol. The molecule has 0 saturated carbocycles. The van der Waals surface area contributed by atoms with Gasteiger partial charge in [-0.2, -0.15) is 0 Å². The number of anilines is 1. The Bertz CT molecular complexity index is 588. The van der Waals surface area contributed by atoms with E-state index in [0.717, 1.165) is 25.9 Å². The fraction of sp³-hybridized carbons (Fsp3) is 0.579. The van der Waals surface area contributed by atoms with Crippen molar-refractivity contribution in [3.63, 3.8) is 0 Å². The summed E-state index contributed by atoms with van der Waals surface area (Å²) in [4.78, 5) is 28.4. The molecule has 1 aromatic carbocycles. The number of likely N-dealkylation sites (tertiary alicyclic amines) is 1. The zero-order valence-corrected chi connectivity index (χ0v) is 15.0. The highest BCUT2D eigenvalue weighted by atomic mass is 16.2. The molecule has 2 saturated heterocycles. The summed E-state index contributed by atoms with van der Waals surface area (Å²) in [5.74, 6) is -0.0237. The number of hydrogen-bond acceptors (Lipinski definition) is 3. The lowest BCUT2D eigenvalue weighted by Gasteiger charge is -2.32. The van der Waals surface area contributed by atoms with Crippen molar-refractivity contribution in [2.24, 2.45) is 0 Å². The lowest BCUT2D eigenvalue weighted by molar-refractivity contribution is 0.0918. The van der Waals surface area contributed by atoms with Gasteiger partial charge in [-0.15, -0.1) is 0 Å². The zero-order valence-electron chi connectivity index (χ0n) is 15.0. The first-order valence-corrected chi connectivity index (χ1v) is 9.36. The van der Waals surface area contributed by atoms with Crippen LogP contribution in [-0.4, -0.2) is 55.6 Å². The molecule has 3 rings (SSSR count). The number of hydrogen-bond donors (Lipinski definition) is 2. The molecule has 2 aliphatic rings. The van der Waals surface area contributed by atoms with Gasteiger partial charge in [-0.05, 0) is 56.9 Å². The van der Waals surface area contributed by atoms with Crippen molar-refractivity contribution in [2.75, 3.05) is 37.6 Å². The standard InChI is InChI=1S/C19H28N4O2/c1-2-20-19(25)23-13-9-16(10-14-23)21-18(24)15-5-7-17(8-6-15)22-11-3-4-12-22/h5-8,16H,2-4,9-14H2,1H3,(H,20,25)(H,21,24). The first-order valence-electron chi connectivity index (χ1n) is 9.36. The molecule has 3 amide bonds. The summed E-state index contributed by atoms with van der Waals surface area (Å²) in [6.07, 6.45) is 4.10. The third kappa shape index (κ3) is 4.44. The molecule has 0 unspecified atom stereocenters. The van der Waals surface area contributed by atoms with Crippen LogP contribution in [0.5, 0.6) is 0 Å². The van der Waals surface area contributed by atoms with Crippen LogP contribution in [0.15, 0.2) is 24.3 Å². The van der Waals surface area contributed by atoms with Gasteiger partial charge in [0.25, 0.3) is 5.91 Å². The van der Waals surface area contributed by atoms with E-state index in [4.69, 9.17) is 0 Å². The highest BCUT2D eigenvalue weighted by Gasteiger charge is 2.24. The molecular formula is C19H28N4O2. The van der Waals surface area contributed by atoms with Crippen LogP contribution in [0.2, 0.25) is 0 Å². The van der Waals surface area contributed by atoms with Gasteiger partial charge in [-0.25, -0.2) is 4.79 Å². The average Bonchev–Trinajstić information content (AvgIpc) is 3.17. The summed E-state index contributed by atoms with van der Waals surface area (Å²) in [5.41, 5.74) is 1.90. The van der Waals surface area contributed by atoms with Crippen LogP contribution < -0.4 is 15.5 Å². The summed E-state index contributed by atoms with van der Waals surface area (Å²) >= 11 is 0. The Labute approximate surface area is 149 Å². The molecule has 2 aliphatic heterocycles. The molecule has 0 spiro atoms. The Morgan fingerprint density at radius 3 is 2.28 bits per heavy atom. The molecule has 2 fully saturated rings. The van der Waals surface area contributed by atoms with Gasteiger partial charge < -0.3 is 20.4 Å². The monoisotopic (exact) mass is 344 g/mol. The first kappa shape index (κ1) is 17.6. The molecule has 6 heteroatoms. The van der Waals surface area contributed by atoms with E-state index < -0.39 is 0 Å². The van der Waals surface area contributed by atoms with Gasteiger partial charge in [0.1, 0.15) is 0 Å². The van der Waals surface area contributed by atoms with E-state index in [1.54, 1.807) is 0 Å². The second-order valence-electron chi connectivity index (χ2n) is 6.81. The van der Waals surface area contributed by atoms with Crippen LogP contribution in [0.3, 0.4) is 0 Å². The third-order valence-corrected chi connectivity index (χ3v) is 5.05. The summed E-state index contributed by atoms with van der Waals surface area (Å²) < 4.78 is 0. The maximum absolute atomic E-state index is 12.4. The normalized spacial score (nSPS) is 18.3. The van der Waals surface area contributed by atoms with Crippen LogP contribution in [0.4, 0.5) is 10.5 Å². The summed E-state index contributed by atoms with van der Waals surface area (Å²) in [6, 6.07) is 8.02. The lowest BCUT2D eigenvalue weighted by atomic mass is 10.0. The maximum Gasteiger partial charge on any atom is 0.317 e. The molecule has 6 nitrogen and oxygen atoms in total. The van der Waals surface area contributed by atoms with Crippen molar-refractivity contribution in [3.05, 3.63) is 29.8 Å². The van der Waals surface area contributed by atoms with Crippen LogP contribution in [0, 0.1) is 0 Å².